The van der Waals surface area contributed by atoms with Crippen molar-refractivity contribution in [2.45, 2.75) is 57.7 Å². The van der Waals surface area contributed by atoms with E-state index in [0.29, 0.717) is 19.1 Å². The molecule has 0 spiro atoms. The molecule has 0 amide bonds. The van der Waals surface area contributed by atoms with Crippen LogP contribution in [0.4, 0.5) is 13.2 Å². The molecule has 112 valence electrons. The largest absolute Gasteiger partial charge is 0.401 e. The first-order valence-corrected chi connectivity index (χ1v) is 7.45. The summed E-state index contributed by atoms with van der Waals surface area (Å²) in [5.74, 6) is 0. The lowest BCUT2D eigenvalue weighted by atomic mass is 9.85. The predicted molar refractivity (Wildman–Crippen MR) is 70.1 cm³/mol. The Morgan fingerprint density at radius 1 is 1.21 bits per heavy atom. The molecule has 2 saturated carbocycles. The second kappa shape index (κ2) is 6.00. The molecule has 0 unspecified atom stereocenters. The summed E-state index contributed by atoms with van der Waals surface area (Å²) in [6, 6.07) is 0.634. The standard InChI is InChI=1S/C14H25F3N2/c1-2-19(11-14(15,16)17)10-13(7-3-4-8-13)9-18-12-5-6-12/h12,18H,2-11H2,1H3. The quantitative estimate of drug-likeness (QED) is 0.769. The molecule has 2 nitrogen and oxygen atoms in total. The van der Waals surface area contributed by atoms with Crippen LogP contribution in [0.5, 0.6) is 0 Å². The van der Waals surface area contributed by atoms with Crippen molar-refractivity contribution in [3.63, 3.8) is 0 Å². The number of nitrogens with one attached hydrogen (secondary N) is 1. The van der Waals surface area contributed by atoms with Gasteiger partial charge in [0.1, 0.15) is 0 Å². The molecule has 2 aliphatic carbocycles. The summed E-state index contributed by atoms with van der Waals surface area (Å²) >= 11 is 0. The molecule has 0 heterocycles. The highest BCUT2D eigenvalue weighted by molar-refractivity contribution is 4.92. The predicted octanol–water partition coefficient (Wildman–Crippen LogP) is 3.18. The highest BCUT2D eigenvalue weighted by Gasteiger charge is 2.39. The van der Waals surface area contributed by atoms with E-state index in [9.17, 15) is 13.2 Å². The zero-order valence-electron chi connectivity index (χ0n) is 11.7. The number of hydrogen-bond acceptors (Lipinski definition) is 2. The summed E-state index contributed by atoms with van der Waals surface area (Å²) in [6.45, 7) is 3.01. The van der Waals surface area contributed by atoms with E-state index in [1.54, 1.807) is 4.90 Å². The van der Waals surface area contributed by atoms with Gasteiger partial charge >= 0.3 is 6.18 Å². The van der Waals surface area contributed by atoms with Gasteiger partial charge in [-0.25, -0.2) is 0 Å². The number of halogens is 3. The van der Waals surface area contributed by atoms with Crippen molar-refractivity contribution in [3.8, 4) is 0 Å². The third kappa shape index (κ3) is 4.95. The van der Waals surface area contributed by atoms with E-state index >= 15 is 0 Å². The zero-order valence-corrected chi connectivity index (χ0v) is 11.7. The van der Waals surface area contributed by atoms with Crippen LogP contribution in [0.2, 0.25) is 0 Å². The fourth-order valence-corrected chi connectivity index (χ4v) is 3.17. The van der Waals surface area contributed by atoms with Crippen LogP contribution in [0.15, 0.2) is 0 Å². The van der Waals surface area contributed by atoms with E-state index in [1.807, 2.05) is 6.92 Å². The molecule has 1 N–H and O–H groups in total. The molecule has 0 aromatic heterocycles. The molecular formula is C14H25F3N2. The van der Waals surface area contributed by atoms with Gasteiger partial charge in [-0.1, -0.05) is 19.8 Å². The van der Waals surface area contributed by atoms with Crippen molar-refractivity contribution in [3.05, 3.63) is 0 Å². The zero-order chi connectivity index (χ0) is 13.9. The van der Waals surface area contributed by atoms with E-state index in [1.165, 1.54) is 12.8 Å². The Balaban J connectivity index is 1.89. The number of rotatable bonds is 7. The molecule has 0 bridgehead atoms. The molecule has 0 aliphatic heterocycles. The van der Waals surface area contributed by atoms with Crippen LogP contribution in [0.3, 0.4) is 0 Å². The average molecular weight is 278 g/mol. The molecular weight excluding hydrogens is 253 g/mol. The summed E-state index contributed by atoms with van der Waals surface area (Å²) in [7, 11) is 0. The topological polar surface area (TPSA) is 15.3 Å². The van der Waals surface area contributed by atoms with E-state index in [0.717, 1.165) is 32.2 Å². The van der Waals surface area contributed by atoms with Crippen LogP contribution < -0.4 is 5.32 Å². The molecule has 2 aliphatic rings. The van der Waals surface area contributed by atoms with Crippen LogP contribution in [0, 0.1) is 5.41 Å². The minimum atomic E-state index is -4.08. The van der Waals surface area contributed by atoms with Gasteiger partial charge in [-0.2, -0.15) is 13.2 Å². The lowest BCUT2D eigenvalue weighted by molar-refractivity contribution is -0.148. The third-order valence-corrected chi connectivity index (χ3v) is 4.42. The molecule has 0 atom stereocenters. The smallest absolute Gasteiger partial charge is 0.313 e. The SMILES string of the molecule is CCN(CC(F)(F)F)CC1(CNC2CC2)CCCC1. The van der Waals surface area contributed by atoms with Gasteiger partial charge in [-0.15, -0.1) is 0 Å². The highest BCUT2D eigenvalue weighted by Crippen LogP contribution is 2.39. The first kappa shape index (κ1) is 15.1. The Hall–Kier alpha value is -0.290. The van der Waals surface area contributed by atoms with Crippen molar-refractivity contribution in [2.24, 2.45) is 5.41 Å². The molecule has 19 heavy (non-hydrogen) atoms. The van der Waals surface area contributed by atoms with Gasteiger partial charge in [0.05, 0.1) is 6.54 Å². The van der Waals surface area contributed by atoms with E-state index in [4.69, 9.17) is 0 Å². The molecule has 5 heteroatoms. The normalized spacial score (nSPS) is 23.2. The molecule has 2 fully saturated rings. The van der Waals surface area contributed by atoms with Gasteiger partial charge in [0, 0.05) is 19.1 Å². The van der Waals surface area contributed by atoms with E-state index in [-0.39, 0.29) is 5.41 Å². The number of nitrogens with zero attached hydrogens (tertiary/aromatic N) is 1. The number of hydrogen-bond donors (Lipinski definition) is 1. The van der Waals surface area contributed by atoms with Crippen molar-refractivity contribution < 1.29 is 13.2 Å². The van der Waals surface area contributed by atoms with Crippen LogP contribution in [-0.2, 0) is 0 Å². The molecule has 0 saturated heterocycles. The van der Waals surface area contributed by atoms with Gasteiger partial charge in [0.25, 0.3) is 0 Å². The monoisotopic (exact) mass is 278 g/mol. The Labute approximate surface area is 113 Å². The minimum absolute atomic E-state index is 0.0733. The maximum atomic E-state index is 12.6. The Morgan fingerprint density at radius 3 is 2.32 bits per heavy atom. The third-order valence-electron chi connectivity index (χ3n) is 4.42. The van der Waals surface area contributed by atoms with Crippen LogP contribution in [-0.4, -0.2) is 43.3 Å². The van der Waals surface area contributed by atoms with Crippen LogP contribution in [0.1, 0.15) is 45.4 Å². The summed E-state index contributed by atoms with van der Waals surface area (Å²) in [5.41, 5.74) is 0.0733. The molecule has 0 aromatic carbocycles. The van der Waals surface area contributed by atoms with Gasteiger partial charge in [0.15, 0.2) is 0 Å². The van der Waals surface area contributed by atoms with Crippen molar-refractivity contribution in [1.82, 2.24) is 10.2 Å². The first-order chi connectivity index (χ1) is 8.92. The summed E-state index contributed by atoms with van der Waals surface area (Å²) in [5, 5.41) is 3.52. The van der Waals surface area contributed by atoms with Crippen LogP contribution in [0.25, 0.3) is 0 Å². The summed E-state index contributed by atoms with van der Waals surface area (Å²) < 4.78 is 37.7. The van der Waals surface area contributed by atoms with Crippen LogP contribution >= 0.6 is 0 Å². The molecule has 2 rings (SSSR count). The Morgan fingerprint density at radius 2 is 1.84 bits per heavy atom. The average Bonchev–Trinajstić information content (AvgIpc) is 3.05. The Kier molecular flexibility index (Phi) is 4.77. The van der Waals surface area contributed by atoms with Crippen molar-refractivity contribution >= 4 is 0 Å². The second-order valence-electron chi connectivity index (χ2n) is 6.28. The fourth-order valence-electron chi connectivity index (χ4n) is 3.17. The lowest BCUT2D eigenvalue weighted by Crippen LogP contribution is -2.45. The maximum absolute atomic E-state index is 12.6. The summed E-state index contributed by atoms with van der Waals surface area (Å²) in [6.07, 6.45) is 2.85. The molecule has 0 radical (unpaired) electrons. The van der Waals surface area contributed by atoms with Crippen molar-refractivity contribution in [1.29, 1.82) is 0 Å². The Bertz CT molecular complexity index is 281. The van der Waals surface area contributed by atoms with Crippen molar-refractivity contribution in [2.75, 3.05) is 26.2 Å². The minimum Gasteiger partial charge on any atom is -0.313 e. The molecule has 0 aromatic rings. The van der Waals surface area contributed by atoms with E-state index < -0.39 is 12.7 Å². The lowest BCUT2D eigenvalue weighted by Gasteiger charge is -2.35. The van der Waals surface area contributed by atoms with Gasteiger partial charge in [0.2, 0.25) is 0 Å². The summed E-state index contributed by atoms with van der Waals surface area (Å²) in [4.78, 5) is 1.57. The van der Waals surface area contributed by atoms with E-state index in [2.05, 4.69) is 5.32 Å². The van der Waals surface area contributed by atoms with Gasteiger partial charge in [-0.05, 0) is 37.6 Å². The second-order valence-corrected chi connectivity index (χ2v) is 6.28. The van der Waals surface area contributed by atoms with Gasteiger partial charge < -0.3 is 5.32 Å². The highest BCUT2D eigenvalue weighted by atomic mass is 19.4. The maximum Gasteiger partial charge on any atom is 0.401 e. The number of alkyl halides is 3. The fraction of sp³-hybridized carbons (Fsp3) is 1.00. The first-order valence-electron chi connectivity index (χ1n) is 7.45. The van der Waals surface area contributed by atoms with Gasteiger partial charge in [-0.3, -0.25) is 4.90 Å².